The summed E-state index contributed by atoms with van der Waals surface area (Å²) in [5.74, 6) is 0.843. The number of benzene rings is 1. The van der Waals surface area contributed by atoms with Crippen LogP contribution in [0.2, 0.25) is 0 Å². The molecule has 0 bridgehead atoms. The number of amides is 1. The zero-order valence-electron chi connectivity index (χ0n) is 14.8. The fraction of sp³-hybridized carbons (Fsp3) is 0.588. The van der Waals surface area contributed by atoms with E-state index in [9.17, 15) is 4.79 Å². The molecule has 0 aliphatic rings. The van der Waals surface area contributed by atoms with Crippen LogP contribution in [0.3, 0.4) is 0 Å². The Labute approximate surface area is 138 Å². The van der Waals surface area contributed by atoms with Gasteiger partial charge in [-0.2, -0.15) is 0 Å². The van der Waals surface area contributed by atoms with Crippen LogP contribution in [0.5, 0.6) is 5.75 Å². The SMILES string of the molecule is COc1ccccc1CN(C)C(CN)CNC(=O)OC(C)(C)C. The van der Waals surface area contributed by atoms with Crippen molar-refractivity contribution in [3.8, 4) is 5.75 Å². The number of rotatable bonds is 7. The minimum absolute atomic E-state index is 0.00688. The van der Waals surface area contributed by atoms with Gasteiger partial charge in [0.05, 0.1) is 7.11 Å². The van der Waals surface area contributed by atoms with Crippen LogP contribution < -0.4 is 15.8 Å². The largest absolute Gasteiger partial charge is 0.496 e. The minimum atomic E-state index is -0.508. The number of ether oxygens (including phenoxy) is 2. The molecule has 130 valence electrons. The third-order valence-electron chi connectivity index (χ3n) is 3.39. The predicted octanol–water partition coefficient (Wildman–Crippen LogP) is 1.98. The van der Waals surface area contributed by atoms with Gasteiger partial charge < -0.3 is 20.5 Å². The molecule has 1 amide bonds. The average Bonchev–Trinajstić information content (AvgIpc) is 2.46. The lowest BCUT2D eigenvalue weighted by Crippen LogP contribution is -2.47. The number of nitrogens with two attached hydrogens (primary N) is 1. The predicted molar refractivity (Wildman–Crippen MR) is 91.5 cm³/mol. The van der Waals surface area contributed by atoms with Crippen molar-refractivity contribution >= 4 is 6.09 Å². The Morgan fingerprint density at radius 1 is 1.35 bits per heavy atom. The zero-order chi connectivity index (χ0) is 17.5. The maximum Gasteiger partial charge on any atom is 0.407 e. The Morgan fingerprint density at radius 3 is 2.57 bits per heavy atom. The summed E-state index contributed by atoms with van der Waals surface area (Å²) in [6, 6.07) is 7.87. The summed E-state index contributed by atoms with van der Waals surface area (Å²) in [4.78, 5) is 13.8. The normalized spacial score (nSPS) is 12.8. The van der Waals surface area contributed by atoms with Gasteiger partial charge in [0.2, 0.25) is 0 Å². The molecular formula is C17H29N3O3. The summed E-state index contributed by atoms with van der Waals surface area (Å²) in [7, 11) is 3.63. The third-order valence-corrected chi connectivity index (χ3v) is 3.39. The van der Waals surface area contributed by atoms with Crippen molar-refractivity contribution in [1.82, 2.24) is 10.2 Å². The highest BCUT2D eigenvalue weighted by Crippen LogP contribution is 2.19. The zero-order valence-corrected chi connectivity index (χ0v) is 14.8. The van der Waals surface area contributed by atoms with Gasteiger partial charge in [-0.15, -0.1) is 0 Å². The summed E-state index contributed by atoms with van der Waals surface area (Å²) in [5, 5.41) is 2.77. The molecular weight excluding hydrogens is 294 g/mol. The van der Waals surface area contributed by atoms with Gasteiger partial charge in [-0.25, -0.2) is 4.79 Å². The van der Waals surface area contributed by atoms with Crippen molar-refractivity contribution in [1.29, 1.82) is 0 Å². The smallest absolute Gasteiger partial charge is 0.407 e. The van der Waals surface area contributed by atoms with Gasteiger partial charge in [-0.05, 0) is 33.9 Å². The summed E-state index contributed by atoms with van der Waals surface area (Å²) >= 11 is 0. The summed E-state index contributed by atoms with van der Waals surface area (Å²) in [6.07, 6.45) is -0.429. The molecule has 1 aromatic carbocycles. The number of nitrogens with one attached hydrogen (secondary N) is 1. The highest BCUT2D eigenvalue weighted by molar-refractivity contribution is 5.67. The lowest BCUT2D eigenvalue weighted by atomic mass is 10.1. The molecule has 0 aromatic heterocycles. The van der Waals surface area contributed by atoms with E-state index in [-0.39, 0.29) is 6.04 Å². The summed E-state index contributed by atoms with van der Waals surface area (Å²) < 4.78 is 10.6. The van der Waals surface area contributed by atoms with Gasteiger partial charge in [0.15, 0.2) is 0 Å². The molecule has 1 unspecified atom stereocenters. The fourth-order valence-corrected chi connectivity index (χ4v) is 2.17. The van der Waals surface area contributed by atoms with Crippen LogP contribution in [0.1, 0.15) is 26.3 Å². The quantitative estimate of drug-likeness (QED) is 0.802. The van der Waals surface area contributed by atoms with Crippen molar-refractivity contribution in [3.05, 3.63) is 29.8 Å². The van der Waals surface area contributed by atoms with E-state index in [1.54, 1.807) is 7.11 Å². The number of hydrogen-bond donors (Lipinski definition) is 2. The van der Waals surface area contributed by atoms with E-state index in [4.69, 9.17) is 15.2 Å². The lowest BCUT2D eigenvalue weighted by Gasteiger charge is -2.28. The van der Waals surface area contributed by atoms with E-state index in [1.165, 1.54) is 0 Å². The maximum absolute atomic E-state index is 11.7. The van der Waals surface area contributed by atoms with Gasteiger partial charge in [-0.1, -0.05) is 18.2 Å². The maximum atomic E-state index is 11.7. The Morgan fingerprint density at radius 2 is 2.00 bits per heavy atom. The molecule has 1 atom stereocenters. The molecule has 0 heterocycles. The topological polar surface area (TPSA) is 76.8 Å². The first-order valence-electron chi connectivity index (χ1n) is 7.76. The van der Waals surface area contributed by atoms with Crippen LogP contribution >= 0.6 is 0 Å². The first-order valence-corrected chi connectivity index (χ1v) is 7.76. The highest BCUT2D eigenvalue weighted by Gasteiger charge is 2.19. The fourth-order valence-electron chi connectivity index (χ4n) is 2.17. The average molecular weight is 323 g/mol. The molecule has 0 radical (unpaired) electrons. The molecule has 6 nitrogen and oxygen atoms in total. The molecule has 1 aromatic rings. The van der Waals surface area contributed by atoms with E-state index >= 15 is 0 Å². The molecule has 23 heavy (non-hydrogen) atoms. The molecule has 0 aliphatic heterocycles. The van der Waals surface area contributed by atoms with Crippen molar-refractivity contribution in [2.24, 2.45) is 5.73 Å². The van der Waals surface area contributed by atoms with Crippen molar-refractivity contribution < 1.29 is 14.3 Å². The van der Waals surface area contributed by atoms with Gasteiger partial charge in [0.25, 0.3) is 0 Å². The Balaban J connectivity index is 2.58. The molecule has 0 aliphatic carbocycles. The minimum Gasteiger partial charge on any atom is -0.496 e. The van der Waals surface area contributed by atoms with Crippen LogP contribution in [-0.2, 0) is 11.3 Å². The lowest BCUT2D eigenvalue weighted by molar-refractivity contribution is 0.0511. The second-order valence-corrected chi connectivity index (χ2v) is 6.50. The van der Waals surface area contributed by atoms with Gasteiger partial charge >= 0.3 is 6.09 Å². The molecule has 0 saturated carbocycles. The van der Waals surface area contributed by atoms with Gasteiger partial charge in [0.1, 0.15) is 11.4 Å². The summed E-state index contributed by atoms with van der Waals surface area (Å²) in [6.45, 7) is 7.04. The number of carbonyl (C=O) groups is 1. The van der Waals surface area contributed by atoms with E-state index in [1.807, 2.05) is 52.1 Å². The van der Waals surface area contributed by atoms with Crippen molar-refractivity contribution in [3.63, 3.8) is 0 Å². The Kier molecular flexibility index (Phi) is 7.32. The monoisotopic (exact) mass is 323 g/mol. The van der Waals surface area contributed by atoms with Crippen molar-refractivity contribution in [2.75, 3.05) is 27.2 Å². The number of para-hydroxylation sites is 1. The number of nitrogens with zero attached hydrogens (tertiary/aromatic N) is 1. The van der Waals surface area contributed by atoms with E-state index in [2.05, 4.69) is 10.2 Å². The number of likely N-dealkylation sites (N-methyl/N-ethyl adjacent to an activating group) is 1. The molecule has 3 N–H and O–H groups in total. The van der Waals surface area contributed by atoms with Crippen LogP contribution in [0, 0.1) is 0 Å². The first-order chi connectivity index (χ1) is 10.8. The van der Waals surface area contributed by atoms with Crippen LogP contribution in [0.4, 0.5) is 4.79 Å². The number of alkyl carbamates (subject to hydrolysis) is 1. The standard InChI is InChI=1S/C17H29N3O3/c1-17(2,3)23-16(21)19-11-14(10-18)20(4)12-13-8-6-7-9-15(13)22-5/h6-9,14H,10-12,18H2,1-5H3,(H,19,21). The molecule has 0 spiro atoms. The number of methoxy groups -OCH3 is 1. The highest BCUT2D eigenvalue weighted by atomic mass is 16.6. The van der Waals surface area contributed by atoms with E-state index in [0.29, 0.717) is 19.6 Å². The van der Waals surface area contributed by atoms with Crippen LogP contribution in [0.15, 0.2) is 24.3 Å². The van der Waals surface area contributed by atoms with Crippen LogP contribution in [0.25, 0.3) is 0 Å². The number of hydrogen-bond acceptors (Lipinski definition) is 5. The first kappa shape index (κ1) is 19.3. The molecule has 1 rings (SSSR count). The van der Waals surface area contributed by atoms with Crippen molar-refractivity contribution in [2.45, 2.75) is 39.0 Å². The Hall–Kier alpha value is -1.79. The van der Waals surface area contributed by atoms with Crippen LogP contribution in [-0.4, -0.2) is 49.9 Å². The second kappa shape index (κ2) is 8.74. The molecule has 0 saturated heterocycles. The second-order valence-electron chi connectivity index (χ2n) is 6.50. The number of carbonyl (C=O) groups excluding carboxylic acids is 1. The third kappa shape index (κ3) is 6.88. The van der Waals surface area contributed by atoms with Gasteiger partial charge in [0, 0.05) is 31.2 Å². The summed E-state index contributed by atoms with van der Waals surface area (Å²) in [5.41, 5.74) is 6.42. The molecule has 0 fully saturated rings. The van der Waals surface area contributed by atoms with E-state index < -0.39 is 11.7 Å². The van der Waals surface area contributed by atoms with E-state index in [0.717, 1.165) is 11.3 Å². The molecule has 6 heteroatoms. The van der Waals surface area contributed by atoms with Gasteiger partial charge in [-0.3, -0.25) is 4.90 Å². The Bertz CT molecular complexity index is 500.